The first kappa shape index (κ1) is 20.7. The van der Waals surface area contributed by atoms with Gasteiger partial charge in [0.15, 0.2) is 0 Å². The molecule has 0 unspecified atom stereocenters. The van der Waals surface area contributed by atoms with Gasteiger partial charge in [0.2, 0.25) is 0 Å². The maximum Gasteiger partial charge on any atom is 0.328 e. The summed E-state index contributed by atoms with van der Waals surface area (Å²) in [6.07, 6.45) is -0.216. The van der Waals surface area contributed by atoms with E-state index >= 15 is 0 Å². The zero-order valence-electron chi connectivity index (χ0n) is 14.9. The van der Waals surface area contributed by atoms with Crippen LogP contribution in [0.3, 0.4) is 0 Å². The zero-order valence-corrected chi connectivity index (χ0v) is 14.9. The van der Waals surface area contributed by atoms with Crippen molar-refractivity contribution in [3.63, 3.8) is 0 Å². The molecule has 10 heteroatoms. The molecule has 148 valence electrons. The third-order valence-electron chi connectivity index (χ3n) is 3.87. The highest BCUT2D eigenvalue weighted by Gasteiger charge is 2.26. The number of halogens is 2. The molecular weight excluding hydrogens is 378 g/mol. The summed E-state index contributed by atoms with van der Waals surface area (Å²) in [5.41, 5.74) is -0.455. The number of nitro groups is 1. The predicted molar refractivity (Wildman–Crippen MR) is 93.0 cm³/mol. The molecular formula is C18H16F2N2O6. The Bertz CT molecular complexity index is 919. The summed E-state index contributed by atoms with van der Waals surface area (Å²) < 4.78 is 36.6. The number of amides is 1. The van der Waals surface area contributed by atoms with Gasteiger partial charge in [0, 0.05) is 30.2 Å². The molecule has 2 aromatic rings. The number of hydrogen-bond acceptors (Lipinski definition) is 6. The lowest BCUT2D eigenvalue weighted by molar-refractivity contribution is -0.384. The molecule has 28 heavy (non-hydrogen) atoms. The van der Waals surface area contributed by atoms with E-state index in [-0.39, 0.29) is 23.4 Å². The summed E-state index contributed by atoms with van der Waals surface area (Å²) >= 11 is 0. The minimum atomic E-state index is -1.29. The van der Waals surface area contributed by atoms with E-state index in [0.29, 0.717) is 6.07 Å². The molecule has 0 saturated carbocycles. The second-order valence-corrected chi connectivity index (χ2v) is 5.63. The van der Waals surface area contributed by atoms with Gasteiger partial charge in [-0.15, -0.1) is 0 Å². The van der Waals surface area contributed by atoms with Crippen LogP contribution in [0.25, 0.3) is 0 Å². The molecule has 0 aromatic heterocycles. The first-order chi connectivity index (χ1) is 13.3. The average Bonchev–Trinajstić information content (AvgIpc) is 2.66. The largest absolute Gasteiger partial charge is 0.496 e. The Morgan fingerprint density at radius 2 is 1.89 bits per heavy atom. The second kappa shape index (κ2) is 8.89. The van der Waals surface area contributed by atoms with Crippen LogP contribution >= 0.6 is 0 Å². The van der Waals surface area contributed by atoms with Crippen LogP contribution in [0.1, 0.15) is 15.9 Å². The molecule has 0 aliphatic heterocycles. The number of ether oxygens (including phenoxy) is 2. The van der Waals surface area contributed by atoms with Crippen LogP contribution in [-0.2, 0) is 16.0 Å². The maximum absolute atomic E-state index is 13.8. The number of nitro benzene ring substituents is 1. The van der Waals surface area contributed by atoms with Crippen molar-refractivity contribution in [1.82, 2.24) is 5.32 Å². The van der Waals surface area contributed by atoms with E-state index in [1.807, 2.05) is 0 Å². The Morgan fingerprint density at radius 1 is 1.18 bits per heavy atom. The van der Waals surface area contributed by atoms with Crippen LogP contribution < -0.4 is 10.1 Å². The van der Waals surface area contributed by atoms with E-state index in [2.05, 4.69) is 10.1 Å². The van der Waals surface area contributed by atoms with Gasteiger partial charge in [-0.1, -0.05) is 0 Å². The highest BCUT2D eigenvalue weighted by Crippen LogP contribution is 2.25. The van der Waals surface area contributed by atoms with Crippen molar-refractivity contribution in [1.29, 1.82) is 0 Å². The highest BCUT2D eigenvalue weighted by atomic mass is 19.1. The molecule has 2 aromatic carbocycles. The zero-order chi connectivity index (χ0) is 20.8. The number of non-ortho nitro benzene ring substituents is 1. The maximum atomic E-state index is 13.8. The van der Waals surface area contributed by atoms with Gasteiger partial charge in [0.05, 0.1) is 24.7 Å². The molecule has 8 nitrogen and oxygen atoms in total. The van der Waals surface area contributed by atoms with Crippen molar-refractivity contribution < 1.29 is 32.8 Å². The van der Waals surface area contributed by atoms with Gasteiger partial charge in [-0.25, -0.2) is 13.6 Å². The lowest BCUT2D eigenvalue weighted by atomic mass is 10.0. The van der Waals surface area contributed by atoms with Gasteiger partial charge in [-0.2, -0.15) is 0 Å². The number of nitrogens with zero attached hydrogens (tertiary/aromatic N) is 1. The Morgan fingerprint density at radius 3 is 2.46 bits per heavy atom. The molecule has 2 rings (SSSR count). The predicted octanol–water partition coefficient (Wildman–Crippen LogP) is 2.40. The molecule has 0 aliphatic carbocycles. The van der Waals surface area contributed by atoms with Crippen LogP contribution in [0.4, 0.5) is 14.5 Å². The average molecular weight is 394 g/mol. The molecule has 0 spiro atoms. The van der Waals surface area contributed by atoms with Crippen molar-refractivity contribution in [2.24, 2.45) is 0 Å². The van der Waals surface area contributed by atoms with Crippen LogP contribution in [0.5, 0.6) is 5.75 Å². The molecule has 0 heterocycles. The number of hydrogen-bond donors (Lipinski definition) is 1. The minimum Gasteiger partial charge on any atom is -0.496 e. The van der Waals surface area contributed by atoms with Crippen molar-refractivity contribution >= 4 is 17.6 Å². The van der Waals surface area contributed by atoms with Crippen molar-refractivity contribution in [3.8, 4) is 5.75 Å². The van der Waals surface area contributed by atoms with E-state index in [4.69, 9.17) is 4.74 Å². The molecule has 0 fully saturated rings. The normalized spacial score (nSPS) is 11.4. The Labute approximate surface area is 158 Å². The standard InChI is InChI=1S/C18H16F2N2O6/c1-27-16-6-4-12(22(25)26)7-10(16)8-15(18(24)28-2)21-17(23)13-5-3-11(19)9-14(13)20/h3-7,9,15H,8H2,1-2H3,(H,21,23)/t15-/m1/s1. The van der Waals surface area contributed by atoms with Gasteiger partial charge >= 0.3 is 5.97 Å². The van der Waals surface area contributed by atoms with Gasteiger partial charge in [0.1, 0.15) is 23.4 Å². The van der Waals surface area contributed by atoms with Crippen molar-refractivity contribution in [2.75, 3.05) is 14.2 Å². The number of esters is 1. The topological polar surface area (TPSA) is 108 Å². The minimum absolute atomic E-state index is 0.216. The molecule has 0 aliphatic rings. The van der Waals surface area contributed by atoms with E-state index in [9.17, 15) is 28.5 Å². The first-order valence-electron chi connectivity index (χ1n) is 7.91. The summed E-state index contributed by atoms with van der Waals surface area (Å²) in [7, 11) is 2.43. The van der Waals surface area contributed by atoms with Crippen molar-refractivity contribution in [2.45, 2.75) is 12.5 Å². The quantitative estimate of drug-likeness (QED) is 0.439. The summed E-state index contributed by atoms with van der Waals surface area (Å²) in [6, 6.07) is 4.84. The summed E-state index contributed by atoms with van der Waals surface area (Å²) in [4.78, 5) is 34.7. The Hall–Kier alpha value is -3.56. The molecule has 1 atom stereocenters. The third kappa shape index (κ3) is 4.78. The van der Waals surface area contributed by atoms with Gasteiger partial charge in [-0.3, -0.25) is 14.9 Å². The number of benzene rings is 2. The van der Waals surface area contributed by atoms with Crippen molar-refractivity contribution in [3.05, 3.63) is 69.3 Å². The summed E-state index contributed by atoms with van der Waals surface area (Å²) in [5.74, 6) is -3.54. The molecule has 1 N–H and O–H groups in total. The summed E-state index contributed by atoms with van der Waals surface area (Å²) in [5, 5.41) is 13.3. The van der Waals surface area contributed by atoms with Crippen LogP contribution in [0, 0.1) is 21.7 Å². The summed E-state index contributed by atoms with van der Waals surface area (Å²) in [6.45, 7) is 0. The van der Waals surface area contributed by atoms with Gasteiger partial charge in [0.25, 0.3) is 11.6 Å². The molecule has 0 radical (unpaired) electrons. The second-order valence-electron chi connectivity index (χ2n) is 5.63. The molecule has 0 saturated heterocycles. The van der Waals surface area contributed by atoms with E-state index in [0.717, 1.165) is 19.2 Å². The number of methoxy groups -OCH3 is 2. The van der Waals surface area contributed by atoms with E-state index < -0.39 is 40.0 Å². The first-order valence-corrected chi connectivity index (χ1v) is 7.91. The van der Waals surface area contributed by atoms with E-state index in [1.54, 1.807) is 0 Å². The number of carbonyl (C=O) groups excluding carboxylic acids is 2. The van der Waals surface area contributed by atoms with E-state index in [1.165, 1.54) is 25.3 Å². The molecule has 0 bridgehead atoms. The lowest BCUT2D eigenvalue weighted by Gasteiger charge is -2.18. The smallest absolute Gasteiger partial charge is 0.328 e. The van der Waals surface area contributed by atoms with Crippen LogP contribution in [0.15, 0.2) is 36.4 Å². The third-order valence-corrected chi connectivity index (χ3v) is 3.87. The number of carbonyl (C=O) groups is 2. The lowest BCUT2D eigenvalue weighted by Crippen LogP contribution is -2.43. The van der Waals surface area contributed by atoms with Gasteiger partial charge in [-0.05, 0) is 18.2 Å². The number of rotatable bonds is 7. The monoisotopic (exact) mass is 394 g/mol. The van der Waals surface area contributed by atoms with Crippen LogP contribution in [-0.4, -0.2) is 37.1 Å². The highest BCUT2D eigenvalue weighted by molar-refractivity contribution is 5.97. The molecule has 1 amide bonds. The van der Waals surface area contributed by atoms with Gasteiger partial charge < -0.3 is 14.8 Å². The Kier molecular flexibility index (Phi) is 6.59. The fourth-order valence-electron chi connectivity index (χ4n) is 2.50. The SMILES string of the molecule is COC(=O)[C@@H](Cc1cc([N+](=O)[O-])ccc1OC)NC(=O)c1ccc(F)cc1F. The van der Waals surface area contributed by atoms with Crippen LogP contribution in [0.2, 0.25) is 0 Å². The fraction of sp³-hybridized carbons (Fsp3) is 0.222. The Balaban J connectivity index is 2.32. The number of nitrogens with one attached hydrogen (secondary N) is 1. The fourth-order valence-corrected chi connectivity index (χ4v) is 2.50.